The lowest BCUT2D eigenvalue weighted by atomic mass is 10.1. The van der Waals surface area contributed by atoms with Gasteiger partial charge in [0.25, 0.3) is 0 Å². The molecule has 2 aromatic carbocycles. The number of carbonyl (C=O) groups is 1. The number of benzene rings is 2. The van der Waals surface area contributed by atoms with Crippen molar-refractivity contribution < 1.29 is 23.4 Å². The number of halogens is 3. The van der Waals surface area contributed by atoms with Gasteiger partial charge in [-0.1, -0.05) is 12.1 Å². The van der Waals surface area contributed by atoms with Crippen LogP contribution in [0.5, 0.6) is 11.5 Å². The maximum atomic E-state index is 13.8. The molecule has 0 amide bonds. The summed E-state index contributed by atoms with van der Waals surface area (Å²) in [5.41, 5.74) is 0.262. The van der Waals surface area contributed by atoms with Gasteiger partial charge in [0.2, 0.25) is 0 Å². The number of ether oxygens (including phenoxy) is 1. The van der Waals surface area contributed by atoms with Crippen LogP contribution >= 0.6 is 15.9 Å². The van der Waals surface area contributed by atoms with Crippen LogP contribution in [0.25, 0.3) is 6.08 Å². The molecule has 0 fully saturated rings. The predicted octanol–water partition coefficient (Wildman–Crippen LogP) is 4.62. The molecule has 0 bridgehead atoms. The van der Waals surface area contributed by atoms with Crippen molar-refractivity contribution in [1.82, 2.24) is 0 Å². The third-order valence-electron chi connectivity index (χ3n) is 2.51. The van der Waals surface area contributed by atoms with E-state index in [0.29, 0.717) is 0 Å². The van der Waals surface area contributed by atoms with Crippen molar-refractivity contribution in [2.45, 2.75) is 0 Å². The molecule has 0 spiro atoms. The molecule has 0 heterocycles. The van der Waals surface area contributed by atoms with Gasteiger partial charge in [0, 0.05) is 11.6 Å². The Morgan fingerprint density at radius 3 is 2.62 bits per heavy atom. The largest absolute Gasteiger partial charge is 0.478 e. The number of aliphatic carboxylic acids is 1. The zero-order valence-corrected chi connectivity index (χ0v) is 12.1. The number of carboxylic acid groups (broad SMARTS) is 1. The van der Waals surface area contributed by atoms with Crippen LogP contribution in [-0.2, 0) is 4.79 Å². The Bertz CT molecular complexity index is 714. The fraction of sp³-hybridized carbons (Fsp3) is 0. The van der Waals surface area contributed by atoms with Crippen molar-refractivity contribution in [1.29, 1.82) is 0 Å². The highest BCUT2D eigenvalue weighted by atomic mass is 79.9. The van der Waals surface area contributed by atoms with Crippen LogP contribution < -0.4 is 4.74 Å². The van der Waals surface area contributed by atoms with E-state index in [4.69, 9.17) is 9.84 Å². The molecule has 6 heteroatoms. The average molecular weight is 355 g/mol. The lowest BCUT2D eigenvalue weighted by molar-refractivity contribution is -0.131. The van der Waals surface area contributed by atoms with Crippen LogP contribution in [0, 0.1) is 11.6 Å². The standard InChI is InChI=1S/C15H9BrF2O3/c16-11-8-10(5-6-12(11)17)21-15-9(4-7-14(19)20)2-1-3-13(15)18/h1-8H,(H,19,20)/b7-4+. The van der Waals surface area contributed by atoms with Gasteiger partial charge in [0.1, 0.15) is 11.6 Å². The molecule has 0 aliphatic heterocycles. The first-order valence-electron chi connectivity index (χ1n) is 5.80. The Morgan fingerprint density at radius 1 is 1.19 bits per heavy atom. The molecule has 0 radical (unpaired) electrons. The first-order chi connectivity index (χ1) is 9.97. The summed E-state index contributed by atoms with van der Waals surface area (Å²) >= 11 is 3.01. The number of hydrogen-bond acceptors (Lipinski definition) is 2. The minimum Gasteiger partial charge on any atom is -0.478 e. The minimum absolute atomic E-state index is 0.131. The van der Waals surface area contributed by atoms with E-state index in [1.165, 1.54) is 42.5 Å². The molecule has 1 N–H and O–H groups in total. The van der Waals surface area contributed by atoms with Crippen LogP contribution in [0.3, 0.4) is 0 Å². The maximum Gasteiger partial charge on any atom is 0.328 e. The Labute approximate surface area is 127 Å². The smallest absolute Gasteiger partial charge is 0.328 e. The van der Waals surface area contributed by atoms with Gasteiger partial charge in [0.15, 0.2) is 11.6 Å². The van der Waals surface area contributed by atoms with Crippen LogP contribution in [0.15, 0.2) is 46.9 Å². The molecule has 3 nitrogen and oxygen atoms in total. The fourth-order valence-electron chi connectivity index (χ4n) is 1.58. The lowest BCUT2D eigenvalue weighted by Crippen LogP contribution is -1.93. The first-order valence-corrected chi connectivity index (χ1v) is 6.59. The molecule has 2 aromatic rings. The summed E-state index contributed by atoms with van der Waals surface area (Å²) in [6.45, 7) is 0. The molecule has 0 saturated heterocycles. The number of carboxylic acids is 1. The first kappa shape index (κ1) is 15.2. The van der Waals surface area contributed by atoms with Gasteiger partial charge < -0.3 is 9.84 Å². The maximum absolute atomic E-state index is 13.8. The van der Waals surface area contributed by atoms with Gasteiger partial charge >= 0.3 is 5.97 Å². The van der Waals surface area contributed by atoms with Crippen molar-refractivity contribution in [3.63, 3.8) is 0 Å². The molecule has 0 aliphatic rings. The SMILES string of the molecule is O=C(O)/C=C/c1cccc(F)c1Oc1ccc(F)c(Br)c1. The summed E-state index contributed by atoms with van der Waals surface area (Å²) < 4.78 is 32.6. The second-order valence-corrected chi connectivity index (χ2v) is 4.86. The van der Waals surface area contributed by atoms with E-state index in [2.05, 4.69) is 15.9 Å². The quantitative estimate of drug-likeness (QED) is 0.815. The minimum atomic E-state index is -1.16. The predicted molar refractivity (Wildman–Crippen MR) is 77.2 cm³/mol. The van der Waals surface area contributed by atoms with Gasteiger partial charge in [0.05, 0.1) is 4.47 Å². The van der Waals surface area contributed by atoms with E-state index in [-0.39, 0.29) is 21.5 Å². The second kappa shape index (κ2) is 6.49. The van der Waals surface area contributed by atoms with Crippen molar-refractivity contribution in [3.05, 3.63) is 64.1 Å². The molecule has 0 saturated carbocycles. The van der Waals surface area contributed by atoms with Gasteiger partial charge in [-0.25, -0.2) is 13.6 Å². The molecule has 0 unspecified atom stereocenters. The summed E-state index contributed by atoms with van der Waals surface area (Å²) in [6, 6.07) is 8.00. The molecule has 0 aliphatic carbocycles. The van der Waals surface area contributed by atoms with E-state index >= 15 is 0 Å². The van der Waals surface area contributed by atoms with Gasteiger partial charge in [-0.3, -0.25) is 0 Å². The summed E-state index contributed by atoms with van der Waals surface area (Å²) in [6.07, 6.45) is 2.10. The third kappa shape index (κ3) is 3.88. The lowest BCUT2D eigenvalue weighted by Gasteiger charge is -2.10. The number of rotatable bonds is 4. The second-order valence-electron chi connectivity index (χ2n) is 4.01. The summed E-state index contributed by atoms with van der Waals surface area (Å²) in [5, 5.41) is 8.62. The van der Waals surface area contributed by atoms with Crippen LogP contribution in [0.2, 0.25) is 0 Å². The topological polar surface area (TPSA) is 46.5 Å². The zero-order chi connectivity index (χ0) is 15.4. The highest BCUT2D eigenvalue weighted by Gasteiger charge is 2.10. The monoisotopic (exact) mass is 354 g/mol. The van der Waals surface area contributed by atoms with Crippen molar-refractivity contribution in [2.75, 3.05) is 0 Å². The number of hydrogen-bond donors (Lipinski definition) is 1. The number of para-hydroxylation sites is 1. The van der Waals surface area contributed by atoms with Crippen LogP contribution in [0.4, 0.5) is 8.78 Å². The van der Waals surface area contributed by atoms with Crippen molar-refractivity contribution in [3.8, 4) is 11.5 Å². The third-order valence-corrected chi connectivity index (χ3v) is 3.12. The van der Waals surface area contributed by atoms with Crippen LogP contribution in [0.1, 0.15) is 5.56 Å². The molecule has 0 atom stereocenters. The summed E-state index contributed by atoms with van der Waals surface area (Å²) in [7, 11) is 0. The molecule has 2 rings (SSSR count). The average Bonchev–Trinajstić information content (AvgIpc) is 2.43. The Hall–Kier alpha value is -2.21. The summed E-state index contributed by atoms with van der Waals surface area (Å²) in [4.78, 5) is 10.5. The summed E-state index contributed by atoms with van der Waals surface area (Å²) in [5.74, 6) is -2.19. The molecular weight excluding hydrogens is 346 g/mol. The van der Waals surface area contributed by atoms with E-state index < -0.39 is 17.6 Å². The van der Waals surface area contributed by atoms with E-state index in [9.17, 15) is 13.6 Å². The van der Waals surface area contributed by atoms with Gasteiger partial charge in [-0.2, -0.15) is 0 Å². The molecule has 21 heavy (non-hydrogen) atoms. The van der Waals surface area contributed by atoms with E-state index in [1.807, 2.05) is 0 Å². The van der Waals surface area contributed by atoms with Gasteiger partial charge in [-0.05, 0) is 46.3 Å². The Morgan fingerprint density at radius 2 is 1.95 bits per heavy atom. The normalized spacial score (nSPS) is 10.8. The molecular formula is C15H9BrF2O3. The van der Waals surface area contributed by atoms with Crippen molar-refractivity contribution >= 4 is 28.0 Å². The zero-order valence-electron chi connectivity index (χ0n) is 10.5. The Kier molecular flexibility index (Phi) is 4.70. The van der Waals surface area contributed by atoms with Crippen LogP contribution in [-0.4, -0.2) is 11.1 Å². The van der Waals surface area contributed by atoms with Crippen molar-refractivity contribution in [2.24, 2.45) is 0 Å². The molecule has 0 aromatic heterocycles. The van der Waals surface area contributed by atoms with E-state index in [0.717, 1.165) is 6.08 Å². The highest BCUT2D eigenvalue weighted by Crippen LogP contribution is 2.31. The Balaban J connectivity index is 2.38. The van der Waals surface area contributed by atoms with E-state index in [1.54, 1.807) is 0 Å². The highest BCUT2D eigenvalue weighted by molar-refractivity contribution is 9.10. The molecule has 108 valence electrons. The fourth-order valence-corrected chi connectivity index (χ4v) is 1.94. The van der Waals surface area contributed by atoms with Gasteiger partial charge in [-0.15, -0.1) is 0 Å².